The molecule has 0 aliphatic rings. The molecule has 0 spiro atoms. The zero-order chi connectivity index (χ0) is 13.1. The molecule has 1 heterocycles. The van der Waals surface area contributed by atoms with Crippen molar-refractivity contribution in [3.63, 3.8) is 0 Å². The molecule has 3 nitrogen and oxygen atoms in total. The maximum atomic E-state index is 11.8. The number of fused-ring (bicyclic) bond motifs is 1. The van der Waals surface area contributed by atoms with Crippen molar-refractivity contribution >= 4 is 27.5 Å². The average molecular weight is 269 g/mol. The number of ether oxygens (including phenoxy) is 1. The summed E-state index contributed by atoms with van der Waals surface area (Å²) in [6, 6.07) is 14.9. The first-order valence-electron chi connectivity index (χ1n) is 5.89. The summed E-state index contributed by atoms with van der Waals surface area (Å²) in [5, 5.41) is 0. The molecule has 0 aliphatic heterocycles. The maximum Gasteiger partial charge on any atom is 0.315 e. The Labute approximate surface area is 114 Å². The number of hydrogen-bond donors (Lipinski definition) is 0. The van der Waals surface area contributed by atoms with Crippen LogP contribution < -0.4 is 4.74 Å². The maximum absolute atomic E-state index is 11.8. The topological polar surface area (TPSA) is 39.2 Å². The number of carbonyl (C=O) groups excluding carboxylic acids is 1. The summed E-state index contributed by atoms with van der Waals surface area (Å²) < 4.78 is 6.35. The number of esters is 1. The van der Waals surface area contributed by atoms with Gasteiger partial charge >= 0.3 is 5.97 Å². The van der Waals surface area contributed by atoms with E-state index in [1.807, 2.05) is 36.4 Å². The third-order valence-electron chi connectivity index (χ3n) is 2.72. The van der Waals surface area contributed by atoms with Gasteiger partial charge in [-0.25, -0.2) is 4.98 Å². The summed E-state index contributed by atoms with van der Waals surface area (Å²) in [5.41, 5.74) is 3.71. The molecule has 3 aromatic rings. The highest BCUT2D eigenvalue weighted by Gasteiger charge is 2.07. The Morgan fingerprint density at radius 2 is 2.00 bits per heavy atom. The van der Waals surface area contributed by atoms with Crippen LogP contribution >= 0.6 is 11.3 Å². The minimum absolute atomic E-state index is 0.255. The minimum atomic E-state index is -0.255. The highest BCUT2D eigenvalue weighted by Crippen LogP contribution is 2.19. The Morgan fingerprint density at radius 1 is 1.16 bits per heavy atom. The highest BCUT2D eigenvalue weighted by atomic mass is 32.1. The molecule has 0 aliphatic carbocycles. The molecule has 0 radical (unpaired) electrons. The first-order chi connectivity index (χ1) is 9.31. The van der Waals surface area contributed by atoms with Crippen LogP contribution in [0, 0.1) is 0 Å². The Bertz CT molecular complexity index is 706. The first kappa shape index (κ1) is 11.9. The van der Waals surface area contributed by atoms with Gasteiger partial charge in [0, 0.05) is 0 Å². The lowest BCUT2D eigenvalue weighted by Crippen LogP contribution is -2.10. The molecule has 0 fully saturated rings. The molecule has 94 valence electrons. The van der Waals surface area contributed by atoms with E-state index >= 15 is 0 Å². The van der Waals surface area contributed by atoms with Crippen LogP contribution in [0.2, 0.25) is 0 Å². The van der Waals surface area contributed by atoms with E-state index in [-0.39, 0.29) is 12.4 Å². The Morgan fingerprint density at radius 3 is 2.84 bits per heavy atom. The monoisotopic (exact) mass is 269 g/mol. The van der Waals surface area contributed by atoms with Gasteiger partial charge in [0.1, 0.15) is 5.75 Å². The van der Waals surface area contributed by atoms with Crippen molar-refractivity contribution in [2.24, 2.45) is 0 Å². The zero-order valence-electron chi connectivity index (χ0n) is 10.1. The molecule has 0 bridgehead atoms. The van der Waals surface area contributed by atoms with Gasteiger partial charge in [0.05, 0.1) is 22.1 Å². The molecular weight excluding hydrogens is 258 g/mol. The molecule has 3 rings (SSSR count). The molecule has 0 N–H and O–H groups in total. The quantitative estimate of drug-likeness (QED) is 0.540. The summed E-state index contributed by atoms with van der Waals surface area (Å²) >= 11 is 1.57. The Hall–Kier alpha value is -2.20. The largest absolute Gasteiger partial charge is 0.426 e. The molecule has 4 heteroatoms. The molecule has 0 amide bonds. The predicted molar refractivity (Wildman–Crippen MR) is 75.4 cm³/mol. The van der Waals surface area contributed by atoms with E-state index in [1.54, 1.807) is 29.0 Å². The number of rotatable bonds is 3. The Balaban J connectivity index is 1.72. The first-order valence-corrected chi connectivity index (χ1v) is 6.77. The lowest BCUT2D eigenvalue weighted by molar-refractivity contribution is -0.133. The SMILES string of the molecule is O=C(Cc1ccc2ncsc2c1)Oc1ccccc1. The fourth-order valence-corrected chi connectivity index (χ4v) is 2.57. The van der Waals surface area contributed by atoms with E-state index in [0.29, 0.717) is 5.75 Å². The molecule has 1 aromatic heterocycles. The fourth-order valence-electron chi connectivity index (χ4n) is 1.83. The van der Waals surface area contributed by atoms with Crippen LogP contribution in [-0.4, -0.2) is 11.0 Å². The van der Waals surface area contributed by atoms with Gasteiger partial charge in [0.15, 0.2) is 0 Å². The van der Waals surface area contributed by atoms with Crippen molar-refractivity contribution in [2.75, 3.05) is 0 Å². The van der Waals surface area contributed by atoms with Crippen molar-refractivity contribution in [1.82, 2.24) is 4.98 Å². The van der Waals surface area contributed by atoms with Crippen molar-refractivity contribution in [3.8, 4) is 5.75 Å². The number of thiazole rings is 1. The van der Waals surface area contributed by atoms with E-state index in [9.17, 15) is 4.79 Å². The van der Waals surface area contributed by atoms with Crippen LogP contribution in [-0.2, 0) is 11.2 Å². The summed E-state index contributed by atoms with van der Waals surface area (Å²) in [4.78, 5) is 16.0. The van der Waals surface area contributed by atoms with E-state index in [1.165, 1.54) is 0 Å². The van der Waals surface area contributed by atoms with Crippen LogP contribution in [0.1, 0.15) is 5.56 Å². The van der Waals surface area contributed by atoms with Gasteiger partial charge < -0.3 is 4.74 Å². The van der Waals surface area contributed by atoms with Gasteiger partial charge in [0.2, 0.25) is 0 Å². The lowest BCUT2D eigenvalue weighted by Gasteiger charge is -2.04. The van der Waals surface area contributed by atoms with Crippen LogP contribution in [0.4, 0.5) is 0 Å². The van der Waals surface area contributed by atoms with Crippen LogP contribution in [0.3, 0.4) is 0 Å². The van der Waals surface area contributed by atoms with Crippen molar-refractivity contribution in [2.45, 2.75) is 6.42 Å². The molecule has 2 aromatic carbocycles. The summed E-state index contributed by atoms with van der Waals surface area (Å²) in [5.74, 6) is 0.321. The number of para-hydroxylation sites is 1. The second-order valence-electron chi connectivity index (χ2n) is 4.12. The molecule has 0 atom stereocenters. The fraction of sp³-hybridized carbons (Fsp3) is 0.0667. The molecular formula is C15H11NO2S. The normalized spacial score (nSPS) is 10.5. The summed E-state index contributed by atoms with van der Waals surface area (Å²) in [6.07, 6.45) is 0.267. The van der Waals surface area contributed by atoms with Gasteiger partial charge in [-0.15, -0.1) is 11.3 Å². The molecule has 0 unspecified atom stereocenters. The van der Waals surface area contributed by atoms with Gasteiger partial charge in [-0.1, -0.05) is 24.3 Å². The zero-order valence-corrected chi connectivity index (χ0v) is 10.9. The number of benzene rings is 2. The predicted octanol–water partition coefficient (Wildman–Crippen LogP) is 3.44. The third kappa shape index (κ3) is 2.80. The van der Waals surface area contributed by atoms with Gasteiger partial charge in [-0.05, 0) is 29.8 Å². The van der Waals surface area contributed by atoms with Gasteiger partial charge in [-0.3, -0.25) is 4.79 Å². The third-order valence-corrected chi connectivity index (χ3v) is 3.51. The van der Waals surface area contributed by atoms with Gasteiger partial charge in [-0.2, -0.15) is 0 Å². The van der Waals surface area contributed by atoms with E-state index in [2.05, 4.69) is 4.98 Å². The van der Waals surface area contributed by atoms with Crippen LogP contribution in [0.5, 0.6) is 5.75 Å². The second-order valence-corrected chi connectivity index (χ2v) is 5.00. The van der Waals surface area contributed by atoms with Gasteiger partial charge in [0.25, 0.3) is 0 Å². The summed E-state index contributed by atoms with van der Waals surface area (Å²) in [6.45, 7) is 0. The number of nitrogens with zero attached hydrogens (tertiary/aromatic N) is 1. The summed E-state index contributed by atoms with van der Waals surface area (Å²) in [7, 11) is 0. The smallest absolute Gasteiger partial charge is 0.315 e. The standard InChI is InChI=1S/C15H11NO2S/c17-15(18-12-4-2-1-3-5-12)9-11-6-7-13-14(8-11)19-10-16-13/h1-8,10H,9H2. The average Bonchev–Trinajstić information content (AvgIpc) is 2.87. The molecule has 0 saturated carbocycles. The van der Waals surface area contributed by atoms with Crippen LogP contribution in [0.15, 0.2) is 54.0 Å². The number of hydrogen-bond acceptors (Lipinski definition) is 4. The van der Waals surface area contributed by atoms with E-state index < -0.39 is 0 Å². The van der Waals surface area contributed by atoms with E-state index in [4.69, 9.17) is 4.74 Å². The lowest BCUT2D eigenvalue weighted by atomic mass is 10.1. The molecule has 19 heavy (non-hydrogen) atoms. The van der Waals surface area contributed by atoms with Crippen molar-refractivity contribution in [3.05, 3.63) is 59.6 Å². The number of aromatic nitrogens is 1. The van der Waals surface area contributed by atoms with Crippen LogP contribution in [0.25, 0.3) is 10.2 Å². The van der Waals surface area contributed by atoms with E-state index in [0.717, 1.165) is 15.8 Å². The van der Waals surface area contributed by atoms with Crippen molar-refractivity contribution < 1.29 is 9.53 Å². The van der Waals surface area contributed by atoms with Crippen molar-refractivity contribution in [1.29, 1.82) is 0 Å². The minimum Gasteiger partial charge on any atom is -0.426 e. The second kappa shape index (κ2) is 5.20. The molecule has 0 saturated heterocycles. The number of carbonyl (C=O) groups is 1. The highest BCUT2D eigenvalue weighted by molar-refractivity contribution is 7.16. The Kier molecular flexibility index (Phi) is 3.25.